The number of carbonyl (C=O) groups excluding carboxylic acids is 1. The minimum atomic E-state index is -4.39. The summed E-state index contributed by atoms with van der Waals surface area (Å²) in [5, 5.41) is 5.22. The van der Waals surface area contributed by atoms with Crippen molar-refractivity contribution in [3.05, 3.63) is 29.3 Å². The molecule has 110 valence electrons. The number of anilines is 1. The van der Waals surface area contributed by atoms with Gasteiger partial charge in [-0.3, -0.25) is 4.79 Å². The SMILES string of the molecule is CCNc1ccc(C(=O)NC2(C(F)(F)F)CC2)c(C)c1. The van der Waals surface area contributed by atoms with E-state index in [4.69, 9.17) is 0 Å². The van der Waals surface area contributed by atoms with Gasteiger partial charge in [0.2, 0.25) is 0 Å². The molecule has 0 unspecified atom stereocenters. The first kappa shape index (κ1) is 14.7. The maximum absolute atomic E-state index is 12.8. The molecule has 20 heavy (non-hydrogen) atoms. The maximum Gasteiger partial charge on any atom is 0.411 e. The summed E-state index contributed by atoms with van der Waals surface area (Å²) in [6.07, 6.45) is -4.48. The van der Waals surface area contributed by atoms with Crippen LogP contribution in [0.15, 0.2) is 18.2 Å². The normalized spacial score (nSPS) is 16.6. The maximum atomic E-state index is 12.8. The van der Waals surface area contributed by atoms with Gasteiger partial charge in [-0.25, -0.2) is 0 Å². The first-order valence-electron chi connectivity index (χ1n) is 6.53. The summed E-state index contributed by atoms with van der Waals surface area (Å²) in [6.45, 7) is 4.39. The van der Waals surface area contributed by atoms with E-state index in [1.807, 2.05) is 6.92 Å². The topological polar surface area (TPSA) is 41.1 Å². The molecule has 1 amide bonds. The summed E-state index contributed by atoms with van der Waals surface area (Å²) in [5.41, 5.74) is -0.240. The van der Waals surface area contributed by atoms with Gasteiger partial charge in [0, 0.05) is 17.8 Å². The fourth-order valence-corrected chi connectivity index (χ4v) is 2.12. The molecular formula is C14H17F3N2O. The van der Waals surface area contributed by atoms with E-state index in [1.54, 1.807) is 25.1 Å². The number of hydrogen-bond acceptors (Lipinski definition) is 2. The van der Waals surface area contributed by atoms with Crippen LogP contribution in [0.5, 0.6) is 0 Å². The zero-order valence-corrected chi connectivity index (χ0v) is 11.4. The van der Waals surface area contributed by atoms with Crippen molar-refractivity contribution in [1.82, 2.24) is 5.32 Å². The summed E-state index contributed by atoms with van der Waals surface area (Å²) in [6, 6.07) is 5.00. The monoisotopic (exact) mass is 286 g/mol. The first-order chi connectivity index (χ1) is 9.29. The molecule has 1 aliphatic rings. The van der Waals surface area contributed by atoms with Gasteiger partial charge in [0.1, 0.15) is 5.54 Å². The number of benzene rings is 1. The van der Waals surface area contributed by atoms with Gasteiger partial charge in [0.15, 0.2) is 0 Å². The molecule has 6 heteroatoms. The van der Waals surface area contributed by atoms with Crippen molar-refractivity contribution in [2.75, 3.05) is 11.9 Å². The van der Waals surface area contributed by atoms with Crippen molar-refractivity contribution in [3.8, 4) is 0 Å². The molecule has 1 saturated carbocycles. The Morgan fingerprint density at radius 1 is 1.35 bits per heavy atom. The molecule has 2 rings (SSSR count). The average Bonchev–Trinajstić information content (AvgIpc) is 3.09. The van der Waals surface area contributed by atoms with E-state index in [0.717, 1.165) is 12.2 Å². The van der Waals surface area contributed by atoms with Crippen LogP contribution in [-0.2, 0) is 0 Å². The van der Waals surface area contributed by atoms with Gasteiger partial charge in [-0.2, -0.15) is 13.2 Å². The lowest BCUT2D eigenvalue weighted by Gasteiger charge is -2.21. The van der Waals surface area contributed by atoms with Gasteiger partial charge in [-0.15, -0.1) is 0 Å². The van der Waals surface area contributed by atoms with Crippen molar-refractivity contribution in [3.63, 3.8) is 0 Å². The highest BCUT2D eigenvalue weighted by molar-refractivity contribution is 5.96. The standard InChI is InChI=1S/C14H17F3N2O/c1-3-18-10-4-5-11(9(2)8-10)12(20)19-13(6-7-13)14(15,16)17/h4-5,8,18H,3,6-7H2,1-2H3,(H,19,20). The molecule has 1 aromatic rings. The first-order valence-corrected chi connectivity index (χ1v) is 6.53. The van der Waals surface area contributed by atoms with Gasteiger partial charge >= 0.3 is 6.18 Å². The summed E-state index contributed by atoms with van der Waals surface area (Å²) < 4.78 is 38.4. The van der Waals surface area contributed by atoms with Crippen LogP contribution < -0.4 is 10.6 Å². The Kier molecular flexibility index (Phi) is 3.67. The fourth-order valence-electron chi connectivity index (χ4n) is 2.12. The molecule has 0 saturated heterocycles. The Hall–Kier alpha value is -1.72. The van der Waals surface area contributed by atoms with E-state index in [0.29, 0.717) is 5.56 Å². The molecule has 0 atom stereocenters. The van der Waals surface area contributed by atoms with Crippen LogP contribution in [0.4, 0.5) is 18.9 Å². The fraction of sp³-hybridized carbons (Fsp3) is 0.500. The third-order valence-corrected chi connectivity index (χ3v) is 3.50. The molecule has 1 aromatic carbocycles. The number of aryl methyl sites for hydroxylation is 1. The molecule has 0 aromatic heterocycles. The Balaban J connectivity index is 2.14. The lowest BCUT2D eigenvalue weighted by atomic mass is 10.1. The minimum absolute atomic E-state index is 0.0449. The smallest absolute Gasteiger partial charge is 0.385 e. The number of hydrogen-bond donors (Lipinski definition) is 2. The van der Waals surface area contributed by atoms with E-state index >= 15 is 0 Å². The summed E-state index contributed by atoms with van der Waals surface area (Å²) in [4.78, 5) is 12.0. The lowest BCUT2D eigenvalue weighted by Crippen LogP contribution is -2.48. The highest BCUT2D eigenvalue weighted by atomic mass is 19.4. The van der Waals surface area contributed by atoms with Gasteiger partial charge < -0.3 is 10.6 Å². The van der Waals surface area contributed by atoms with E-state index in [1.165, 1.54) is 0 Å². The third-order valence-electron chi connectivity index (χ3n) is 3.50. The summed E-state index contributed by atoms with van der Waals surface area (Å²) in [7, 11) is 0. The molecule has 1 aliphatic carbocycles. The van der Waals surface area contributed by atoms with Gasteiger partial charge in [-0.05, 0) is 50.5 Å². The predicted octanol–water partition coefficient (Wildman–Crippen LogP) is 3.25. The predicted molar refractivity (Wildman–Crippen MR) is 70.8 cm³/mol. The van der Waals surface area contributed by atoms with Crippen LogP contribution in [-0.4, -0.2) is 24.2 Å². The molecule has 1 fully saturated rings. The zero-order valence-electron chi connectivity index (χ0n) is 11.4. The van der Waals surface area contributed by atoms with Crippen molar-refractivity contribution in [1.29, 1.82) is 0 Å². The number of amides is 1. The Labute approximate surface area is 115 Å². The molecule has 0 radical (unpaired) electrons. The van der Waals surface area contributed by atoms with Crippen LogP contribution in [0.25, 0.3) is 0 Å². The molecule has 3 nitrogen and oxygen atoms in total. The second-order valence-corrected chi connectivity index (χ2v) is 5.09. The van der Waals surface area contributed by atoms with Crippen LogP contribution in [0.3, 0.4) is 0 Å². The van der Waals surface area contributed by atoms with Crippen molar-refractivity contribution < 1.29 is 18.0 Å². The van der Waals surface area contributed by atoms with Crippen molar-refractivity contribution in [2.45, 2.75) is 38.4 Å². The molecule has 0 heterocycles. The zero-order chi connectivity index (χ0) is 15.0. The van der Waals surface area contributed by atoms with Crippen LogP contribution in [0.1, 0.15) is 35.7 Å². The minimum Gasteiger partial charge on any atom is -0.385 e. The van der Waals surface area contributed by atoms with Crippen molar-refractivity contribution in [2.24, 2.45) is 0 Å². The summed E-state index contributed by atoms with van der Waals surface area (Å²) >= 11 is 0. The number of nitrogens with one attached hydrogen (secondary N) is 2. The molecular weight excluding hydrogens is 269 g/mol. The number of alkyl halides is 3. The van der Waals surface area contributed by atoms with E-state index in [2.05, 4.69) is 10.6 Å². The number of halogens is 3. The molecule has 0 aliphatic heterocycles. The van der Waals surface area contributed by atoms with Crippen LogP contribution >= 0.6 is 0 Å². The van der Waals surface area contributed by atoms with E-state index in [-0.39, 0.29) is 18.4 Å². The number of carbonyl (C=O) groups is 1. The Morgan fingerprint density at radius 2 is 2.00 bits per heavy atom. The largest absolute Gasteiger partial charge is 0.411 e. The van der Waals surface area contributed by atoms with Crippen molar-refractivity contribution >= 4 is 11.6 Å². The van der Waals surface area contributed by atoms with Crippen LogP contribution in [0, 0.1) is 6.92 Å². The second-order valence-electron chi connectivity index (χ2n) is 5.09. The summed E-state index contributed by atoms with van der Waals surface area (Å²) in [5.74, 6) is -0.666. The lowest BCUT2D eigenvalue weighted by molar-refractivity contribution is -0.163. The molecule has 0 spiro atoms. The Bertz CT molecular complexity index is 522. The average molecular weight is 286 g/mol. The van der Waals surface area contributed by atoms with Gasteiger partial charge in [0.05, 0.1) is 0 Å². The quantitative estimate of drug-likeness (QED) is 0.892. The van der Waals surface area contributed by atoms with Gasteiger partial charge in [-0.1, -0.05) is 0 Å². The van der Waals surface area contributed by atoms with E-state index in [9.17, 15) is 18.0 Å². The molecule has 2 N–H and O–H groups in total. The highest BCUT2D eigenvalue weighted by Crippen LogP contribution is 2.49. The Morgan fingerprint density at radius 3 is 2.45 bits per heavy atom. The van der Waals surface area contributed by atoms with E-state index < -0.39 is 17.6 Å². The van der Waals surface area contributed by atoms with Crippen LogP contribution in [0.2, 0.25) is 0 Å². The molecule has 0 bridgehead atoms. The second kappa shape index (κ2) is 5.00. The third kappa shape index (κ3) is 2.73. The van der Waals surface area contributed by atoms with Gasteiger partial charge in [0.25, 0.3) is 5.91 Å². The highest BCUT2D eigenvalue weighted by Gasteiger charge is 2.64. The number of rotatable bonds is 4.